The lowest BCUT2D eigenvalue weighted by molar-refractivity contribution is -0.118. The van der Waals surface area contributed by atoms with Crippen molar-refractivity contribution in [3.8, 4) is 0 Å². The van der Waals surface area contributed by atoms with Gasteiger partial charge in [-0.05, 0) is 55.5 Å². The minimum atomic E-state index is 0.116. The normalized spacial score (nSPS) is 21.7. The first-order valence-electron chi connectivity index (χ1n) is 7.52. The Morgan fingerprint density at radius 2 is 2.05 bits per heavy atom. The molecule has 1 unspecified atom stereocenters. The van der Waals surface area contributed by atoms with Crippen LogP contribution in [0, 0.1) is 5.92 Å². The van der Waals surface area contributed by atoms with Crippen molar-refractivity contribution in [3.63, 3.8) is 0 Å². The number of anilines is 1. The molecule has 1 atom stereocenters. The second kappa shape index (κ2) is 5.54. The first-order chi connectivity index (χ1) is 9.66. The molecule has 2 aliphatic rings. The summed E-state index contributed by atoms with van der Waals surface area (Å²) in [6.45, 7) is 2.14. The quantitative estimate of drug-likeness (QED) is 0.860. The van der Waals surface area contributed by atoms with E-state index in [9.17, 15) is 4.79 Å². The van der Waals surface area contributed by atoms with Gasteiger partial charge in [0.25, 0.3) is 0 Å². The number of piperidine rings is 1. The number of aryl methyl sites for hydroxylation is 1. The monoisotopic (exact) mass is 273 g/mol. The summed E-state index contributed by atoms with van der Waals surface area (Å²) >= 11 is 0. The number of fused-ring (bicyclic) bond motifs is 1. The van der Waals surface area contributed by atoms with Crippen molar-refractivity contribution in [2.45, 2.75) is 31.7 Å². The molecule has 0 aliphatic carbocycles. The van der Waals surface area contributed by atoms with Gasteiger partial charge in [-0.3, -0.25) is 4.79 Å². The number of nitrogens with one attached hydrogen (secondary N) is 1. The van der Waals surface area contributed by atoms with Crippen LogP contribution in [0.1, 0.15) is 36.4 Å². The van der Waals surface area contributed by atoms with Gasteiger partial charge in [-0.15, -0.1) is 0 Å². The second-order valence-corrected chi connectivity index (χ2v) is 5.95. The third-order valence-electron chi connectivity index (χ3n) is 4.72. The van der Waals surface area contributed by atoms with Crippen molar-refractivity contribution >= 4 is 11.6 Å². The number of rotatable bonds is 2. The van der Waals surface area contributed by atoms with Crippen molar-refractivity contribution in [1.29, 1.82) is 0 Å². The molecule has 3 rings (SSSR count). The molecule has 0 aromatic heterocycles. The van der Waals surface area contributed by atoms with Gasteiger partial charge in [-0.2, -0.15) is 0 Å². The molecular formula is C16H23N3O. The minimum absolute atomic E-state index is 0.116. The molecule has 20 heavy (non-hydrogen) atoms. The largest absolute Gasteiger partial charge is 0.324 e. The predicted molar refractivity (Wildman–Crippen MR) is 80.7 cm³/mol. The number of nitrogens with two attached hydrogens (primary N) is 1. The van der Waals surface area contributed by atoms with Gasteiger partial charge in [0.1, 0.15) is 0 Å². The summed E-state index contributed by atoms with van der Waals surface area (Å²) in [5.74, 6) is 0.769. The molecule has 1 aromatic rings. The van der Waals surface area contributed by atoms with Gasteiger partial charge in [-0.1, -0.05) is 12.1 Å². The molecule has 1 saturated heterocycles. The van der Waals surface area contributed by atoms with Gasteiger partial charge in [-0.25, -0.2) is 0 Å². The highest BCUT2D eigenvalue weighted by Gasteiger charge is 2.25. The lowest BCUT2D eigenvalue weighted by atomic mass is 9.85. The average Bonchev–Trinajstić information content (AvgIpc) is 2.51. The maximum atomic E-state index is 11.7. The average molecular weight is 273 g/mol. The van der Waals surface area contributed by atoms with E-state index in [1.165, 1.54) is 11.1 Å². The fourth-order valence-corrected chi connectivity index (χ4v) is 3.36. The Bertz CT molecular complexity index is 508. The van der Waals surface area contributed by atoms with E-state index in [-0.39, 0.29) is 11.9 Å². The minimum Gasteiger partial charge on any atom is -0.324 e. The number of hydrogen-bond donors (Lipinski definition) is 2. The van der Waals surface area contributed by atoms with E-state index in [2.05, 4.69) is 23.5 Å². The van der Waals surface area contributed by atoms with Crippen LogP contribution in [0.3, 0.4) is 0 Å². The zero-order chi connectivity index (χ0) is 14.1. The zero-order valence-corrected chi connectivity index (χ0v) is 12.1. The zero-order valence-electron chi connectivity index (χ0n) is 12.1. The van der Waals surface area contributed by atoms with Gasteiger partial charge in [0.05, 0.1) is 0 Å². The number of amides is 1. The summed E-state index contributed by atoms with van der Waals surface area (Å²) in [6.07, 6.45) is 3.74. The first-order valence-corrected chi connectivity index (χ1v) is 7.52. The highest BCUT2D eigenvalue weighted by Crippen LogP contribution is 2.32. The molecule has 0 bridgehead atoms. The highest BCUT2D eigenvalue weighted by atomic mass is 16.2. The molecule has 3 N–H and O–H groups in total. The van der Waals surface area contributed by atoms with Gasteiger partial charge >= 0.3 is 0 Å². The molecule has 1 aromatic carbocycles. The van der Waals surface area contributed by atoms with Crippen LogP contribution in [-0.4, -0.2) is 26.0 Å². The second-order valence-electron chi connectivity index (χ2n) is 5.95. The molecule has 2 aliphatic heterocycles. The summed E-state index contributed by atoms with van der Waals surface area (Å²) in [6, 6.07) is 6.49. The van der Waals surface area contributed by atoms with Crippen molar-refractivity contribution in [3.05, 3.63) is 29.3 Å². The van der Waals surface area contributed by atoms with Crippen LogP contribution in [0.25, 0.3) is 0 Å². The Morgan fingerprint density at radius 3 is 2.80 bits per heavy atom. The lowest BCUT2D eigenvalue weighted by Gasteiger charge is -2.30. The molecule has 1 amide bonds. The Morgan fingerprint density at radius 1 is 1.30 bits per heavy atom. The Kier molecular flexibility index (Phi) is 3.76. The molecular weight excluding hydrogens is 250 g/mol. The van der Waals surface area contributed by atoms with Crippen LogP contribution < -0.4 is 16.0 Å². The van der Waals surface area contributed by atoms with Crippen LogP contribution >= 0.6 is 0 Å². The molecule has 2 heterocycles. The van der Waals surface area contributed by atoms with Crippen molar-refractivity contribution in [2.75, 3.05) is 25.0 Å². The van der Waals surface area contributed by atoms with E-state index < -0.39 is 0 Å². The SMILES string of the molecule is CN1C(=O)CCc2cc(C(N)C3CCNCC3)ccc21. The van der Waals surface area contributed by atoms with Crippen molar-refractivity contribution in [2.24, 2.45) is 11.7 Å². The van der Waals surface area contributed by atoms with Gasteiger partial charge in [0.2, 0.25) is 5.91 Å². The summed E-state index contributed by atoms with van der Waals surface area (Å²) in [5, 5.41) is 3.38. The molecule has 0 saturated carbocycles. The van der Waals surface area contributed by atoms with E-state index in [0.717, 1.165) is 38.0 Å². The number of carbonyl (C=O) groups excluding carboxylic acids is 1. The topological polar surface area (TPSA) is 58.4 Å². The van der Waals surface area contributed by atoms with Crippen LogP contribution in [0.4, 0.5) is 5.69 Å². The molecule has 0 spiro atoms. The maximum Gasteiger partial charge on any atom is 0.227 e. The van der Waals surface area contributed by atoms with Crippen LogP contribution in [0.2, 0.25) is 0 Å². The number of benzene rings is 1. The van der Waals surface area contributed by atoms with Gasteiger partial charge in [0.15, 0.2) is 0 Å². The Labute approximate surface area is 120 Å². The molecule has 0 radical (unpaired) electrons. The maximum absolute atomic E-state index is 11.7. The fourth-order valence-electron chi connectivity index (χ4n) is 3.36. The predicted octanol–water partition coefficient (Wildman–Crippen LogP) is 1.60. The van der Waals surface area contributed by atoms with E-state index in [1.807, 2.05) is 7.05 Å². The number of nitrogens with zero attached hydrogens (tertiary/aromatic N) is 1. The van der Waals surface area contributed by atoms with E-state index in [4.69, 9.17) is 5.73 Å². The summed E-state index contributed by atoms with van der Waals surface area (Å²) in [7, 11) is 1.85. The Hall–Kier alpha value is -1.39. The first kappa shape index (κ1) is 13.6. The lowest BCUT2D eigenvalue weighted by Crippen LogP contribution is -2.34. The van der Waals surface area contributed by atoms with Gasteiger partial charge in [0, 0.05) is 25.2 Å². The van der Waals surface area contributed by atoms with E-state index in [0.29, 0.717) is 12.3 Å². The summed E-state index contributed by atoms with van der Waals surface area (Å²) in [5.41, 5.74) is 9.98. The standard InChI is InChI=1S/C16H23N3O/c1-19-14-4-2-13(10-12(14)3-5-15(19)20)16(17)11-6-8-18-9-7-11/h2,4,10-11,16,18H,3,5-9,17H2,1H3. The molecule has 4 heteroatoms. The molecule has 1 fully saturated rings. The summed E-state index contributed by atoms with van der Waals surface area (Å²) < 4.78 is 0. The summed E-state index contributed by atoms with van der Waals surface area (Å²) in [4.78, 5) is 13.5. The van der Waals surface area contributed by atoms with E-state index >= 15 is 0 Å². The number of carbonyl (C=O) groups is 1. The van der Waals surface area contributed by atoms with Crippen LogP contribution in [-0.2, 0) is 11.2 Å². The smallest absolute Gasteiger partial charge is 0.227 e. The van der Waals surface area contributed by atoms with E-state index in [1.54, 1.807) is 4.90 Å². The van der Waals surface area contributed by atoms with Crippen LogP contribution in [0.5, 0.6) is 0 Å². The third kappa shape index (κ3) is 2.45. The van der Waals surface area contributed by atoms with Gasteiger partial charge < -0.3 is 16.0 Å². The van der Waals surface area contributed by atoms with Crippen molar-refractivity contribution in [1.82, 2.24) is 5.32 Å². The highest BCUT2D eigenvalue weighted by molar-refractivity contribution is 5.95. The molecule has 108 valence electrons. The molecule has 4 nitrogen and oxygen atoms in total. The van der Waals surface area contributed by atoms with Crippen LogP contribution in [0.15, 0.2) is 18.2 Å². The van der Waals surface area contributed by atoms with Crippen molar-refractivity contribution < 1.29 is 4.79 Å². The third-order valence-corrected chi connectivity index (χ3v) is 4.72. The fraction of sp³-hybridized carbons (Fsp3) is 0.562. The Balaban J connectivity index is 1.83. The number of hydrogen-bond acceptors (Lipinski definition) is 3.